The molecule has 0 atom stereocenters. The van der Waals surface area contributed by atoms with E-state index < -0.39 is 11.7 Å². The molecular weight excluding hydrogens is 407 g/mol. The largest absolute Gasteiger partial charge is 0.324 e. The van der Waals surface area contributed by atoms with Crippen molar-refractivity contribution in [3.63, 3.8) is 0 Å². The second kappa shape index (κ2) is 9.31. The molecule has 1 heterocycles. The molecule has 32 heavy (non-hydrogen) atoms. The summed E-state index contributed by atoms with van der Waals surface area (Å²) in [5, 5.41) is 12.1. The number of nitrogens with zero attached hydrogens (tertiary/aromatic N) is 3. The van der Waals surface area contributed by atoms with Gasteiger partial charge in [-0.05, 0) is 54.4 Å². The molecule has 1 N–H and O–H groups in total. The molecule has 0 unspecified atom stereocenters. The van der Waals surface area contributed by atoms with Gasteiger partial charge in [-0.1, -0.05) is 30.3 Å². The van der Waals surface area contributed by atoms with Crippen LogP contribution in [0.3, 0.4) is 0 Å². The van der Waals surface area contributed by atoms with E-state index in [9.17, 15) is 19.2 Å². The number of anilines is 2. The van der Waals surface area contributed by atoms with Gasteiger partial charge in [0.15, 0.2) is 0 Å². The van der Waals surface area contributed by atoms with Crippen molar-refractivity contribution < 1.29 is 14.0 Å². The molecule has 7 heteroatoms. The third-order valence-electron chi connectivity index (χ3n) is 5.31. The second-order valence-corrected chi connectivity index (χ2v) is 7.49. The quantitative estimate of drug-likeness (QED) is 0.635. The molecule has 4 rings (SSSR count). The molecule has 1 aliphatic rings. The zero-order valence-electron chi connectivity index (χ0n) is 17.3. The first-order valence-electron chi connectivity index (χ1n) is 10.3. The second-order valence-electron chi connectivity index (χ2n) is 7.49. The minimum atomic E-state index is -0.483. The van der Waals surface area contributed by atoms with Gasteiger partial charge < -0.3 is 10.2 Å². The van der Waals surface area contributed by atoms with Crippen molar-refractivity contribution in [3.05, 3.63) is 95.3 Å². The van der Waals surface area contributed by atoms with E-state index in [1.165, 1.54) is 24.3 Å². The van der Waals surface area contributed by atoms with Gasteiger partial charge in [0, 0.05) is 36.6 Å². The Hall–Kier alpha value is -4.18. The summed E-state index contributed by atoms with van der Waals surface area (Å²) in [5.41, 5.74) is 2.74. The Kier molecular flexibility index (Phi) is 6.13. The highest BCUT2D eigenvalue weighted by atomic mass is 19.1. The Bertz CT molecular complexity index is 1200. The molecule has 0 aromatic heterocycles. The molecule has 3 amide bonds. The first-order chi connectivity index (χ1) is 15.5. The summed E-state index contributed by atoms with van der Waals surface area (Å²) in [6, 6.07) is 21.7. The van der Waals surface area contributed by atoms with Gasteiger partial charge in [-0.2, -0.15) is 5.26 Å². The predicted molar refractivity (Wildman–Crippen MR) is 120 cm³/mol. The molecule has 1 saturated heterocycles. The van der Waals surface area contributed by atoms with Gasteiger partial charge in [-0.15, -0.1) is 0 Å². The van der Waals surface area contributed by atoms with E-state index in [0.29, 0.717) is 36.6 Å². The van der Waals surface area contributed by atoms with Gasteiger partial charge >= 0.3 is 6.03 Å². The average molecular weight is 428 g/mol. The molecule has 3 aromatic carbocycles. The van der Waals surface area contributed by atoms with Crippen LogP contribution in [0.1, 0.15) is 27.9 Å². The molecule has 3 aromatic rings. The Labute approximate surface area is 185 Å². The molecule has 0 spiro atoms. The number of carbonyl (C=O) groups is 2. The SMILES string of the molecule is N#Cc1ccccc1CN1CCCN(c2cccc(NC(=O)c3cccc(F)c3)c2)C1=O. The molecule has 1 fully saturated rings. The predicted octanol–water partition coefficient (Wildman–Crippen LogP) is 4.78. The number of halogens is 1. The number of amides is 3. The van der Waals surface area contributed by atoms with Crippen LogP contribution in [0, 0.1) is 17.1 Å². The van der Waals surface area contributed by atoms with Crippen LogP contribution >= 0.6 is 0 Å². The van der Waals surface area contributed by atoms with E-state index in [0.717, 1.165) is 12.0 Å². The number of hydrogen-bond donors (Lipinski definition) is 1. The van der Waals surface area contributed by atoms with Gasteiger partial charge in [0.05, 0.1) is 11.6 Å². The van der Waals surface area contributed by atoms with Crippen molar-refractivity contribution in [2.24, 2.45) is 0 Å². The summed E-state index contributed by atoms with van der Waals surface area (Å²) in [4.78, 5) is 29.0. The zero-order chi connectivity index (χ0) is 22.5. The zero-order valence-corrected chi connectivity index (χ0v) is 17.3. The van der Waals surface area contributed by atoms with Crippen LogP contribution in [0.5, 0.6) is 0 Å². The maximum Gasteiger partial charge on any atom is 0.324 e. The Balaban J connectivity index is 1.50. The summed E-state index contributed by atoms with van der Waals surface area (Å²) in [6.45, 7) is 1.51. The van der Waals surface area contributed by atoms with Crippen molar-refractivity contribution in [1.82, 2.24) is 4.90 Å². The number of nitriles is 1. The van der Waals surface area contributed by atoms with E-state index in [-0.39, 0.29) is 11.6 Å². The first kappa shape index (κ1) is 21.1. The molecular formula is C25H21FN4O2. The van der Waals surface area contributed by atoms with Crippen LogP contribution in [0.4, 0.5) is 20.6 Å². The summed E-state index contributed by atoms with van der Waals surface area (Å²) in [5.74, 6) is -0.912. The third-order valence-corrected chi connectivity index (χ3v) is 5.31. The Morgan fingerprint density at radius 3 is 2.66 bits per heavy atom. The van der Waals surface area contributed by atoms with E-state index >= 15 is 0 Å². The highest BCUT2D eigenvalue weighted by Crippen LogP contribution is 2.25. The summed E-state index contributed by atoms with van der Waals surface area (Å²) >= 11 is 0. The number of urea groups is 1. The topological polar surface area (TPSA) is 76.4 Å². The van der Waals surface area contributed by atoms with Crippen LogP contribution in [0.25, 0.3) is 0 Å². The molecule has 0 radical (unpaired) electrons. The maximum absolute atomic E-state index is 13.4. The fourth-order valence-electron chi connectivity index (χ4n) is 3.73. The van der Waals surface area contributed by atoms with Crippen molar-refractivity contribution in [2.75, 3.05) is 23.3 Å². The van der Waals surface area contributed by atoms with E-state index in [4.69, 9.17) is 0 Å². The highest BCUT2D eigenvalue weighted by molar-refractivity contribution is 6.04. The number of benzene rings is 3. The lowest BCUT2D eigenvalue weighted by atomic mass is 10.1. The van der Waals surface area contributed by atoms with Crippen LogP contribution in [-0.2, 0) is 6.54 Å². The Morgan fingerprint density at radius 2 is 1.84 bits per heavy atom. The highest BCUT2D eigenvalue weighted by Gasteiger charge is 2.27. The van der Waals surface area contributed by atoms with Crippen LogP contribution < -0.4 is 10.2 Å². The van der Waals surface area contributed by atoms with Crippen molar-refractivity contribution in [3.8, 4) is 6.07 Å². The lowest BCUT2D eigenvalue weighted by molar-refractivity contribution is 0.102. The van der Waals surface area contributed by atoms with Crippen molar-refractivity contribution in [2.45, 2.75) is 13.0 Å². The lowest BCUT2D eigenvalue weighted by Gasteiger charge is -2.36. The molecule has 0 aliphatic carbocycles. The van der Waals surface area contributed by atoms with Gasteiger partial charge in [0.25, 0.3) is 5.91 Å². The van der Waals surface area contributed by atoms with E-state index in [2.05, 4.69) is 11.4 Å². The van der Waals surface area contributed by atoms with Gasteiger partial charge in [0.1, 0.15) is 5.82 Å². The van der Waals surface area contributed by atoms with Crippen LogP contribution in [-0.4, -0.2) is 29.9 Å². The number of nitrogens with one attached hydrogen (secondary N) is 1. The first-order valence-corrected chi connectivity index (χ1v) is 10.3. The van der Waals surface area contributed by atoms with E-state index in [1.54, 1.807) is 40.1 Å². The number of rotatable bonds is 5. The fourth-order valence-corrected chi connectivity index (χ4v) is 3.73. The average Bonchev–Trinajstić information content (AvgIpc) is 2.81. The monoisotopic (exact) mass is 428 g/mol. The van der Waals surface area contributed by atoms with Crippen LogP contribution in [0.2, 0.25) is 0 Å². The summed E-state index contributed by atoms with van der Waals surface area (Å²) < 4.78 is 13.4. The molecule has 0 bridgehead atoms. The van der Waals surface area contributed by atoms with Gasteiger partial charge in [0.2, 0.25) is 0 Å². The number of carbonyl (C=O) groups excluding carboxylic acids is 2. The summed E-state index contributed by atoms with van der Waals surface area (Å²) in [6.07, 6.45) is 0.778. The molecule has 160 valence electrons. The lowest BCUT2D eigenvalue weighted by Crippen LogP contribution is -2.49. The molecule has 6 nitrogen and oxygen atoms in total. The van der Waals surface area contributed by atoms with Crippen LogP contribution in [0.15, 0.2) is 72.8 Å². The minimum absolute atomic E-state index is 0.155. The fraction of sp³-hybridized carbons (Fsp3) is 0.160. The van der Waals surface area contributed by atoms with Crippen molar-refractivity contribution >= 4 is 23.3 Å². The maximum atomic E-state index is 13.4. The minimum Gasteiger partial charge on any atom is -0.322 e. The molecule has 1 aliphatic heterocycles. The third kappa shape index (κ3) is 4.60. The standard InChI is InChI=1S/C25H21FN4O2/c26-21-9-3-8-18(14-21)24(31)28-22-10-4-11-23(15-22)30-13-5-12-29(25(30)32)17-20-7-2-1-6-19(20)16-27/h1-4,6-11,14-15H,5,12-13,17H2,(H,28,31). The van der Waals surface area contributed by atoms with Gasteiger partial charge in [-0.25, -0.2) is 9.18 Å². The Morgan fingerprint density at radius 1 is 1.03 bits per heavy atom. The van der Waals surface area contributed by atoms with E-state index in [1.807, 2.05) is 18.2 Å². The van der Waals surface area contributed by atoms with Gasteiger partial charge in [-0.3, -0.25) is 9.69 Å². The normalized spacial score (nSPS) is 13.6. The number of hydrogen-bond acceptors (Lipinski definition) is 3. The molecule has 0 saturated carbocycles. The summed E-state index contributed by atoms with van der Waals surface area (Å²) in [7, 11) is 0. The smallest absolute Gasteiger partial charge is 0.322 e. The van der Waals surface area contributed by atoms with Crippen molar-refractivity contribution in [1.29, 1.82) is 5.26 Å².